The van der Waals surface area contributed by atoms with E-state index in [-0.39, 0.29) is 6.61 Å². The van der Waals surface area contributed by atoms with E-state index in [2.05, 4.69) is 9.88 Å². The second-order valence-corrected chi connectivity index (χ2v) is 7.60. The summed E-state index contributed by atoms with van der Waals surface area (Å²) < 4.78 is 47.2. The average Bonchev–Trinajstić information content (AvgIpc) is 2.97. The zero-order chi connectivity index (χ0) is 21.2. The van der Waals surface area contributed by atoms with Crippen LogP contribution in [0.3, 0.4) is 0 Å². The minimum absolute atomic E-state index is 0.196. The first-order valence-corrected chi connectivity index (χ1v) is 9.56. The van der Waals surface area contributed by atoms with E-state index in [1.54, 1.807) is 0 Å². The van der Waals surface area contributed by atoms with Gasteiger partial charge in [0.2, 0.25) is 0 Å². The molecule has 0 bridgehead atoms. The zero-order valence-corrected chi connectivity index (χ0v) is 17.2. The van der Waals surface area contributed by atoms with Crippen molar-refractivity contribution in [1.29, 1.82) is 0 Å². The summed E-state index contributed by atoms with van der Waals surface area (Å²) in [5.74, 6) is 1.37. The number of aromatic nitrogens is 2. The Hall–Kier alpha value is -2.54. The van der Waals surface area contributed by atoms with Crippen LogP contribution in [0.15, 0.2) is 36.4 Å². The Kier molecular flexibility index (Phi) is 6.17. The van der Waals surface area contributed by atoms with Crippen LogP contribution in [-0.2, 0) is 19.3 Å². The molecule has 0 aliphatic rings. The molecule has 3 aromatic rings. The third-order valence-corrected chi connectivity index (χ3v) is 4.83. The molecule has 156 valence electrons. The Balaban J connectivity index is 1.91. The molecule has 0 spiro atoms. The van der Waals surface area contributed by atoms with E-state index in [9.17, 15) is 13.2 Å². The summed E-state index contributed by atoms with van der Waals surface area (Å²) >= 11 is 0. The summed E-state index contributed by atoms with van der Waals surface area (Å²) in [5, 5.41) is 0. The first-order valence-electron chi connectivity index (χ1n) is 9.56. The molecule has 4 nitrogen and oxygen atoms in total. The van der Waals surface area contributed by atoms with Crippen molar-refractivity contribution in [3.05, 3.63) is 58.9 Å². The standard InChI is InChI=1S/C22H26F3N3O/c1-15-6-9-20(16(2)12-15)29-14-21-26-18-13-17(22(23,24)25)7-8-19(18)28(21)11-5-10-27(3)4/h6-9,12-13H,5,10-11,14H2,1-4H3. The predicted octanol–water partition coefficient (Wildman–Crippen LogP) is 5.20. The van der Waals surface area contributed by atoms with Gasteiger partial charge in [0.05, 0.1) is 16.6 Å². The van der Waals surface area contributed by atoms with Crippen molar-refractivity contribution in [3.63, 3.8) is 0 Å². The van der Waals surface area contributed by atoms with Crippen LogP contribution in [0.4, 0.5) is 13.2 Å². The highest BCUT2D eigenvalue weighted by molar-refractivity contribution is 5.77. The van der Waals surface area contributed by atoms with Gasteiger partial charge in [0.25, 0.3) is 0 Å². The number of rotatable bonds is 7. The molecule has 7 heteroatoms. The van der Waals surface area contributed by atoms with Gasteiger partial charge < -0.3 is 14.2 Å². The summed E-state index contributed by atoms with van der Waals surface area (Å²) in [4.78, 5) is 6.55. The van der Waals surface area contributed by atoms with Gasteiger partial charge in [0, 0.05) is 6.54 Å². The van der Waals surface area contributed by atoms with Crippen LogP contribution < -0.4 is 4.74 Å². The Morgan fingerprint density at radius 2 is 1.83 bits per heavy atom. The van der Waals surface area contributed by atoms with E-state index >= 15 is 0 Å². The lowest BCUT2D eigenvalue weighted by Gasteiger charge is -2.14. The van der Waals surface area contributed by atoms with Gasteiger partial charge in [0.15, 0.2) is 0 Å². The van der Waals surface area contributed by atoms with Gasteiger partial charge in [-0.1, -0.05) is 17.7 Å². The number of alkyl halides is 3. The maximum absolute atomic E-state index is 13.1. The van der Waals surface area contributed by atoms with Crippen LogP contribution in [0.1, 0.15) is 28.9 Å². The van der Waals surface area contributed by atoms with Crippen molar-refractivity contribution >= 4 is 11.0 Å². The molecule has 2 aromatic carbocycles. The molecule has 0 atom stereocenters. The van der Waals surface area contributed by atoms with Crippen molar-refractivity contribution in [1.82, 2.24) is 14.5 Å². The quantitative estimate of drug-likeness (QED) is 0.541. The molecule has 0 aliphatic heterocycles. The average molecular weight is 405 g/mol. The molecule has 0 amide bonds. The summed E-state index contributed by atoms with van der Waals surface area (Å²) in [7, 11) is 3.98. The number of halogens is 3. The van der Waals surface area contributed by atoms with Crippen LogP contribution >= 0.6 is 0 Å². The minimum Gasteiger partial charge on any atom is -0.485 e. The van der Waals surface area contributed by atoms with Gasteiger partial charge in [-0.2, -0.15) is 13.2 Å². The van der Waals surface area contributed by atoms with E-state index in [0.29, 0.717) is 23.4 Å². The smallest absolute Gasteiger partial charge is 0.416 e. The molecular weight excluding hydrogens is 379 g/mol. The van der Waals surface area contributed by atoms with Crippen molar-refractivity contribution in [3.8, 4) is 5.75 Å². The first-order chi connectivity index (χ1) is 13.6. The molecular formula is C22H26F3N3O. The molecule has 3 rings (SSSR count). The molecule has 0 saturated heterocycles. The van der Waals surface area contributed by atoms with Gasteiger partial charge in [-0.25, -0.2) is 4.98 Å². The van der Waals surface area contributed by atoms with Crippen molar-refractivity contribution in [2.24, 2.45) is 0 Å². The van der Waals surface area contributed by atoms with Gasteiger partial charge in [-0.05, 0) is 70.7 Å². The number of aryl methyl sites for hydroxylation is 3. The van der Waals surface area contributed by atoms with Gasteiger partial charge in [0.1, 0.15) is 18.2 Å². The summed E-state index contributed by atoms with van der Waals surface area (Å²) in [6, 6.07) is 9.63. The van der Waals surface area contributed by atoms with Crippen LogP contribution in [0.25, 0.3) is 11.0 Å². The first kappa shape index (κ1) is 21.2. The number of imidazole rings is 1. The zero-order valence-electron chi connectivity index (χ0n) is 17.2. The molecule has 0 N–H and O–H groups in total. The van der Waals surface area contributed by atoms with Crippen LogP contribution in [0, 0.1) is 13.8 Å². The predicted molar refractivity (Wildman–Crippen MR) is 108 cm³/mol. The van der Waals surface area contributed by atoms with Crippen molar-refractivity contribution in [2.45, 2.75) is 39.6 Å². The molecule has 0 saturated carbocycles. The number of hydrogen-bond acceptors (Lipinski definition) is 3. The summed E-state index contributed by atoms with van der Waals surface area (Å²) in [6.45, 7) is 5.71. The Morgan fingerprint density at radius 1 is 1.07 bits per heavy atom. The SMILES string of the molecule is Cc1ccc(OCc2nc3cc(C(F)(F)F)ccc3n2CCCN(C)C)c(C)c1. The van der Waals surface area contributed by atoms with Crippen LogP contribution in [0.2, 0.25) is 0 Å². The number of nitrogens with zero attached hydrogens (tertiary/aromatic N) is 3. The van der Waals surface area contributed by atoms with Gasteiger partial charge in [-0.15, -0.1) is 0 Å². The largest absolute Gasteiger partial charge is 0.485 e. The highest BCUT2D eigenvalue weighted by atomic mass is 19.4. The highest BCUT2D eigenvalue weighted by Gasteiger charge is 2.31. The van der Waals surface area contributed by atoms with E-state index in [1.807, 2.05) is 50.7 Å². The molecule has 0 fully saturated rings. The number of fused-ring (bicyclic) bond motifs is 1. The van der Waals surface area contributed by atoms with Crippen molar-refractivity contribution < 1.29 is 17.9 Å². The monoisotopic (exact) mass is 405 g/mol. The number of hydrogen-bond donors (Lipinski definition) is 0. The lowest BCUT2D eigenvalue weighted by molar-refractivity contribution is -0.137. The third-order valence-electron chi connectivity index (χ3n) is 4.83. The normalized spacial score (nSPS) is 12.1. The molecule has 1 heterocycles. The number of benzene rings is 2. The molecule has 0 unspecified atom stereocenters. The minimum atomic E-state index is -4.39. The lowest BCUT2D eigenvalue weighted by Crippen LogP contribution is -2.16. The topological polar surface area (TPSA) is 30.3 Å². The lowest BCUT2D eigenvalue weighted by atomic mass is 10.1. The molecule has 0 radical (unpaired) electrons. The molecule has 0 aliphatic carbocycles. The van der Waals surface area contributed by atoms with E-state index < -0.39 is 11.7 Å². The fourth-order valence-electron chi connectivity index (χ4n) is 3.36. The van der Waals surface area contributed by atoms with Crippen molar-refractivity contribution in [2.75, 3.05) is 20.6 Å². The third kappa shape index (κ3) is 5.09. The van der Waals surface area contributed by atoms with E-state index in [1.165, 1.54) is 6.07 Å². The second-order valence-electron chi connectivity index (χ2n) is 7.60. The number of ether oxygens (including phenoxy) is 1. The van der Waals surface area contributed by atoms with Crippen LogP contribution in [-0.4, -0.2) is 35.1 Å². The van der Waals surface area contributed by atoms with Gasteiger partial charge in [-0.3, -0.25) is 0 Å². The van der Waals surface area contributed by atoms with E-state index in [0.717, 1.165) is 42.0 Å². The highest BCUT2D eigenvalue weighted by Crippen LogP contribution is 2.32. The Labute approximate surface area is 168 Å². The fourth-order valence-corrected chi connectivity index (χ4v) is 3.36. The second kappa shape index (κ2) is 8.45. The summed E-state index contributed by atoms with van der Waals surface area (Å²) in [5.41, 5.74) is 2.50. The fraction of sp³-hybridized carbons (Fsp3) is 0.409. The van der Waals surface area contributed by atoms with E-state index in [4.69, 9.17) is 4.74 Å². The Morgan fingerprint density at radius 3 is 2.48 bits per heavy atom. The van der Waals surface area contributed by atoms with Crippen LogP contribution in [0.5, 0.6) is 5.75 Å². The molecule has 29 heavy (non-hydrogen) atoms. The maximum atomic E-state index is 13.1. The maximum Gasteiger partial charge on any atom is 0.416 e. The Bertz CT molecular complexity index is 993. The summed E-state index contributed by atoms with van der Waals surface area (Å²) in [6.07, 6.45) is -3.53. The van der Waals surface area contributed by atoms with Gasteiger partial charge >= 0.3 is 6.18 Å². The molecule has 1 aromatic heterocycles.